The summed E-state index contributed by atoms with van der Waals surface area (Å²) in [5.41, 5.74) is 1.78. The number of amides is 1. The van der Waals surface area contributed by atoms with Crippen molar-refractivity contribution in [3.63, 3.8) is 0 Å². The zero-order chi connectivity index (χ0) is 19.2. The highest BCUT2D eigenvalue weighted by atomic mass is 32.1. The third-order valence-electron chi connectivity index (χ3n) is 4.22. The molecule has 1 aromatic carbocycles. The van der Waals surface area contributed by atoms with E-state index in [-0.39, 0.29) is 18.4 Å². The molecule has 1 amide bonds. The molecule has 6 nitrogen and oxygen atoms in total. The molecule has 142 valence electrons. The van der Waals surface area contributed by atoms with E-state index in [9.17, 15) is 4.79 Å². The van der Waals surface area contributed by atoms with Crippen LogP contribution in [-0.4, -0.2) is 43.5 Å². The highest BCUT2D eigenvalue weighted by Crippen LogP contribution is 2.26. The number of benzene rings is 1. The minimum atomic E-state index is -0.0556. The van der Waals surface area contributed by atoms with Crippen LogP contribution in [0.5, 0.6) is 5.75 Å². The second-order valence-electron chi connectivity index (χ2n) is 6.35. The first-order valence-electron chi connectivity index (χ1n) is 8.62. The van der Waals surface area contributed by atoms with E-state index in [1.54, 1.807) is 13.4 Å². The van der Waals surface area contributed by atoms with Gasteiger partial charge in [-0.25, -0.2) is 4.98 Å². The predicted molar refractivity (Wildman–Crippen MR) is 106 cm³/mol. The van der Waals surface area contributed by atoms with Crippen LogP contribution in [0.2, 0.25) is 0 Å². The summed E-state index contributed by atoms with van der Waals surface area (Å²) in [6.45, 7) is 0.481. The Kier molecular flexibility index (Phi) is 6.26. The molecular formula is C20H23N3O3S. The van der Waals surface area contributed by atoms with E-state index < -0.39 is 0 Å². The second-order valence-corrected chi connectivity index (χ2v) is 7.21. The first kappa shape index (κ1) is 19.1. The molecule has 0 aliphatic carbocycles. The first-order chi connectivity index (χ1) is 13.1. The molecule has 2 heterocycles. The van der Waals surface area contributed by atoms with Gasteiger partial charge in [-0.15, -0.1) is 11.3 Å². The molecule has 3 aromatic rings. The lowest BCUT2D eigenvalue weighted by Crippen LogP contribution is -2.35. The first-order valence-corrected chi connectivity index (χ1v) is 9.50. The van der Waals surface area contributed by atoms with Crippen molar-refractivity contribution in [2.24, 2.45) is 0 Å². The van der Waals surface area contributed by atoms with Gasteiger partial charge in [-0.1, -0.05) is 0 Å². The van der Waals surface area contributed by atoms with Crippen LogP contribution in [0, 0.1) is 0 Å². The average molecular weight is 385 g/mol. The minimum absolute atomic E-state index is 0.00533. The van der Waals surface area contributed by atoms with Crippen molar-refractivity contribution in [3.05, 3.63) is 59.5 Å². The highest BCUT2D eigenvalue weighted by Gasteiger charge is 2.18. The molecule has 0 saturated carbocycles. The van der Waals surface area contributed by atoms with E-state index in [1.807, 2.05) is 60.8 Å². The molecule has 0 aliphatic heterocycles. The Bertz CT molecular complexity index is 857. The number of methoxy groups -OCH3 is 1. The van der Waals surface area contributed by atoms with Gasteiger partial charge in [-0.3, -0.25) is 9.69 Å². The van der Waals surface area contributed by atoms with Gasteiger partial charge < -0.3 is 14.5 Å². The zero-order valence-electron chi connectivity index (χ0n) is 15.6. The lowest BCUT2D eigenvalue weighted by molar-refractivity contribution is -0.120. The van der Waals surface area contributed by atoms with Crippen LogP contribution in [0.25, 0.3) is 10.6 Å². The van der Waals surface area contributed by atoms with Crippen molar-refractivity contribution in [2.75, 3.05) is 27.7 Å². The number of aromatic nitrogens is 1. The van der Waals surface area contributed by atoms with Crippen LogP contribution in [0.4, 0.5) is 0 Å². The zero-order valence-corrected chi connectivity index (χ0v) is 16.5. The lowest BCUT2D eigenvalue weighted by atomic mass is 10.2. The van der Waals surface area contributed by atoms with E-state index in [0.717, 1.165) is 27.8 Å². The van der Waals surface area contributed by atoms with Crippen LogP contribution >= 0.6 is 11.3 Å². The third kappa shape index (κ3) is 4.96. The van der Waals surface area contributed by atoms with Gasteiger partial charge in [-0.2, -0.15) is 0 Å². The Labute approximate surface area is 162 Å². The van der Waals surface area contributed by atoms with Gasteiger partial charge in [0.1, 0.15) is 16.5 Å². The Morgan fingerprint density at radius 2 is 2.07 bits per heavy atom. The Balaban J connectivity index is 1.57. The Morgan fingerprint density at radius 1 is 1.30 bits per heavy atom. The maximum Gasteiger partial charge on any atom is 0.226 e. The number of ether oxygens (including phenoxy) is 1. The maximum absolute atomic E-state index is 12.3. The molecule has 0 bridgehead atoms. The monoisotopic (exact) mass is 385 g/mol. The molecule has 0 unspecified atom stereocenters. The fourth-order valence-electron chi connectivity index (χ4n) is 2.71. The fourth-order valence-corrected chi connectivity index (χ4v) is 3.54. The summed E-state index contributed by atoms with van der Waals surface area (Å²) >= 11 is 1.53. The molecule has 0 radical (unpaired) electrons. The highest BCUT2D eigenvalue weighted by molar-refractivity contribution is 7.13. The Hall–Kier alpha value is -2.64. The van der Waals surface area contributed by atoms with Crippen LogP contribution in [0.3, 0.4) is 0 Å². The van der Waals surface area contributed by atoms with Gasteiger partial charge in [0, 0.05) is 17.5 Å². The quantitative estimate of drug-likeness (QED) is 0.644. The summed E-state index contributed by atoms with van der Waals surface area (Å²) in [7, 11) is 5.56. The minimum Gasteiger partial charge on any atom is -0.497 e. The number of furan rings is 1. The smallest absolute Gasteiger partial charge is 0.226 e. The Morgan fingerprint density at radius 3 is 2.70 bits per heavy atom. The van der Waals surface area contributed by atoms with Crippen LogP contribution < -0.4 is 10.1 Å². The number of carbonyl (C=O) groups excluding carboxylic acids is 1. The molecular weight excluding hydrogens is 362 g/mol. The van der Waals surface area contributed by atoms with Crippen LogP contribution in [0.15, 0.2) is 52.5 Å². The van der Waals surface area contributed by atoms with Crippen LogP contribution in [0.1, 0.15) is 17.5 Å². The molecule has 2 aromatic heterocycles. The van der Waals surface area contributed by atoms with E-state index in [1.165, 1.54) is 11.3 Å². The second kappa shape index (κ2) is 8.83. The standard InChI is InChI=1S/C20H23N3O3S/c1-23(2)17(18-5-4-10-26-18)12-21-19(24)11-15-13-27-20(22-15)14-6-8-16(25-3)9-7-14/h4-10,13,17H,11-12H2,1-3H3,(H,21,24)/t17-/m1/s1. The van der Waals surface area contributed by atoms with Crippen molar-refractivity contribution in [1.82, 2.24) is 15.2 Å². The molecule has 0 fully saturated rings. The van der Waals surface area contributed by atoms with Crippen LogP contribution in [-0.2, 0) is 11.2 Å². The molecule has 0 aliphatic rings. The molecule has 3 rings (SSSR count). The summed E-state index contributed by atoms with van der Waals surface area (Å²) in [6, 6.07) is 11.5. The molecule has 1 atom stereocenters. The van der Waals surface area contributed by atoms with Gasteiger partial charge in [0.05, 0.1) is 31.5 Å². The lowest BCUT2D eigenvalue weighted by Gasteiger charge is -2.22. The van der Waals surface area contributed by atoms with Gasteiger partial charge in [0.15, 0.2) is 0 Å². The van der Waals surface area contributed by atoms with Crippen molar-refractivity contribution >= 4 is 17.2 Å². The van der Waals surface area contributed by atoms with E-state index in [4.69, 9.17) is 9.15 Å². The van der Waals surface area contributed by atoms with Crippen molar-refractivity contribution in [1.29, 1.82) is 0 Å². The maximum atomic E-state index is 12.3. The van der Waals surface area contributed by atoms with E-state index in [0.29, 0.717) is 6.54 Å². The summed E-state index contributed by atoms with van der Waals surface area (Å²) < 4.78 is 10.6. The molecule has 0 saturated heterocycles. The molecule has 0 spiro atoms. The average Bonchev–Trinajstić information content (AvgIpc) is 3.34. The topological polar surface area (TPSA) is 67.6 Å². The van der Waals surface area contributed by atoms with Crippen molar-refractivity contribution in [2.45, 2.75) is 12.5 Å². The number of likely N-dealkylation sites (N-methyl/N-ethyl adjacent to an activating group) is 1. The predicted octanol–water partition coefficient (Wildman–Crippen LogP) is 3.37. The molecule has 27 heavy (non-hydrogen) atoms. The van der Waals surface area contributed by atoms with E-state index >= 15 is 0 Å². The van der Waals surface area contributed by atoms with Crippen molar-refractivity contribution in [3.8, 4) is 16.3 Å². The van der Waals surface area contributed by atoms with Crippen molar-refractivity contribution < 1.29 is 13.9 Å². The molecule has 7 heteroatoms. The fraction of sp³-hybridized carbons (Fsp3) is 0.300. The number of thiazole rings is 1. The number of hydrogen-bond donors (Lipinski definition) is 1. The summed E-state index contributed by atoms with van der Waals surface area (Å²) in [5.74, 6) is 1.58. The summed E-state index contributed by atoms with van der Waals surface area (Å²) in [4.78, 5) is 18.9. The summed E-state index contributed by atoms with van der Waals surface area (Å²) in [6.07, 6.45) is 1.90. The van der Waals surface area contributed by atoms with Gasteiger partial charge in [0.2, 0.25) is 5.91 Å². The number of carbonyl (C=O) groups is 1. The largest absolute Gasteiger partial charge is 0.497 e. The molecule has 1 N–H and O–H groups in total. The van der Waals surface area contributed by atoms with Gasteiger partial charge >= 0.3 is 0 Å². The number of hydrogen-bond acceptors (Lipinski definition) is 6. The number of rotatable bonds is 8. The third-order valence-corrected chi connectivity index (χ3v) is 5.16. The van der Waals surface area contributed by atoms with E-state index in [2.05, 4.69) is 10.3 Å². The SMILES string of the molecule is COc1ccc(-c2nc(CC(=O)NC[C@H](c3ccco3)N(C)C)cs2)cc1. The number of nitrogens with zero attached hydrogens (tertiary/aromatic N) is 2. The van der Waals surface area contributed by atoms with Gasteiger partial charge in [-0.05, 0) is 50.5 Å². The number of nitrogens with one attached hydrogen (secondary N) is 1. The van der Waals surface area contributed by atoms with Gasteiger partial charge in [0.25, 0.3) is 0 Å². The normalized spacial score (nSPS) is 12.1. The summed E-state index contributed by atoms with van der Waals surface area (Å²) in [5, 5.41) is 5.79.